The monoisotopic (exact) mass is 493 g/mol. The number of amides is 1. The highest BCUT2D eigenvalue weighted by molar-refractivity contribution is 7.90. The van der Waals surface area contributed by atoms with Gasteiger partial charge in [0.05, 0.1) is 20.0 Å². The second kappa shape index (κ2) is 8.54. The molecule has 0 spiro atoms. The Balaban J connectivity index is 1.59. The fourth-order valence-corrected chi connectivity index (χ4v) is 6.96. The van der Waals surface area contributed by atoms with Gasteiger partial charge in [0, 0.05) is 12.8 Å². The molecular weight excluding hydrogens is 470 g/mol. The lowest BCUT2D eigenvalue weighted by Crippen LogP contribution is -2.49. The molecule has 0 bridgehead atoms. The van der Waals surface area contributed by atoms with Crippen molar-refractivity contribution in [1.82, 2.24) is 9.29 Å². The number of hydrogen-bond donors (Lipinski definition) is 1. The summed E-state index contributed by atoms with van der Waals surface area (Å²) >= 11 is 1.15. The number of fused-ring (bicyclic) bond motifs is 1. The van der Waals surface area contributed by atoms with Crippen LogP contribution in [0.2, 0.25) is 0 Å². The van der Waals surface area contributed by atoms with E-state index in [1.54, 1.807) is 30.3 Å². The SMILES string of the molecule is Cc1ccc(S(=O)(=O)N2CCCC[C@H]2C(=O)Nc2nc3ccc(S(C)(=O)=O)cc3s2)cc1. The first-order chi connectivity index (χ1) is 15.1. The second-order valence-corrected chi connectivity index (χ2v) is 12.8. The van der Waals surface area contributed by atoms with Crippen LogP contribution in [-0.2, 0) is 24.7 Å². The Morgan fingerprint density at radius 2 is 1.75 bits per heavy atom. The molecule has 1 saturated heterocycles. The van der Waals surface area contributed by atoms with Crippen molar-refractivity contribution in [3.05, 3.63) is 48.0 Å². The number of piperidine rings is 1. The molecule has 1 atom stereocenters. The number of carbonyl (C=O) groups excluding carboxylic acids is 1. The van der Waals surface area contributed by atoms with E-state index in [1.807, 2.05) is 6.92 Å². The van der Waals surface area contributed by atoms with Gasteiger partial charge in [0.15, 0.2) is 15.0 Å². The summed E-state index contributed by atoms with van der Waals surface area (Å²) in [6.07, 6.45) is 2.98. The number of benzene rings is 2. The van der Waals surface area contributed by atoms with Crippen LogP contribution in [-0.4, -0.2) is 50.9 Å². The minimum atomic E-state index is -3.82. The second-order valence-electron chi connectivity index (χ2n) is 7.85. The summed E-state index contributed by atoms with van der Waals surface area (Å²) in [6, 6.07) is 10.3. The van der Waals surface area contributed by atoms with Crippen molar-refractivity contribution in [2.75, 3.05) is 18.1 Å². The summed E-state index contributed by atoms with van der Waals surface area (Å²) in [5.41, 5.74) is 1.51. The van der Waals surface area contributed by atoms with Crippen LogP contribution in [0.4, 0.5) is 5.13 Å². The Bertz CT molecular complexity index is 1380. The van der Waals surface area contributed by atoms with E-state index in [9.17, 15) is 21.6 Å². The zero-order valence-corrected chi connectivity index (χ0v) is 20.1. The quantitative estimate of drug-likeness (QED) is 0.584. The molecule has 1 amide bonds. The molecular formula is C21H23N3O5S3. The van der Waals surface area contributed by atoms with Gasteiger partial charge in [-0.2, -0.15) is 4.31 Å². The first kappa shape index (κ1) is 22.8. The highest BCUT2D eigenvalue weighted by atomic mass is 32.2. The van der Waals surface area contributed by atoms with Gasteiger partial charge in [-0.3, -0.25) is 4.79 Å². The third-order valence-electron chi connectivity index (χ3n) is 5.40. The molecule has 8 nitrogen and oxygen atoms in total. The lowest BCUT2D eigenvalue weighted by Gasteiger charge is -2.33. The Labute approximate surface area is 191 Å². The van der Waals surface area contributed by atoms with Gasteiger partial charge in [0.25, 0.3) is 0 Å². The van der Waals surface area contributed by atoms with Gasteiger partial charge >= 0.3 is 0 Å². The minimum Gasteiger partial charge on any atom is -0.301 e. The van der Waals surface area contributed by atoms with Crippen LogP contribution in [0.3, 0.4) is 0 Å². The molecule has 1 aliphatic rings. The molecule has 4 rings (SSSR count). The van der Waals surface area contributed by atoms with Gasteiger partial charge in [-0.25, -0.2) is 21.8 Å². The third-order valence-corrected chi connectivity index (χ3v) is 9.37. The van der Waals surface area contributed by atoms with E-state index in [0.29, 0.717) is 28.2 Å². The number of aromatic nitrogens is 1. The van der Waals surface area contributed by atoms with Crippen molar-refractivity contribution in [3.8, 4) is 0 Å². The van der Waals surface area contributed by atoms with Crippen LogP contribution in [0.25, 0.3) is 10.2 Å². The molecule has 170 valence electrons. The maximum atomic E-state index is 13.2. The van der Waals surface area contributed by atoms with Gasteiger partial charge in [-0.05, 0) is 50.1 Å². The average Bonchev–Trinajstić information content (AvgIpc) is 3.15. The van der Waals surface area contributed by atoms with E-state index in [2.05, 4.69) is 10.3 Å². The summed E-state index contributed by atoms with van der Waals surface area (Å²) in [4.78, 5) is 17.8. The smallest absolute Gasteiger partial charge is 0.244 e. The third kappa shape index (κ3) is 4.56. The molecule has 11 heteroatoms. The minimum absolute atomic E-state index is 0.163. The van der Waals surface area contributed by atoms with Crippen molar-refractivity contribution >= 4 is 52.5 Å². The lowest BCUT2D eigenvalue weighted by atomic mass is 10.0. The number of hydrogen-bond acceptors (Lipinski definition) is 7. The van der Waals surface area contributed by atoms with Gasteiger partial charge in [-0.1, -0.05) is 35.5 Å². The van der Waals surface area contributed by atoms with E-state index >= 15 is 0 Å². The summed E-state index contributed by atoms with van der Waals surface area (Å²) in [6.45, 7) is 2.15. The Kier molecular flexibility index (Phi) is 6.10. The summed E-state index contributed by atoms with van der Waals surface area (Å²) in [5, 5.41) is 3.03. The van der Waals surface area contributed by atoms with Crippen molar-refractivity contribution in [3.63, 3.8) is 0 Å². The highest BCUT2D eigenvalue weighted by Crippen LogP contribution is 2.30. The van der Waals surface area contributed by atoms with E-state index in [0.717, 1.165) is 29.6 Å². The van der Waals surface area contributed by atoms with Crippen molar-refractivity contribution in [2.24, 2.45) is 0 Å². The molecule has 1 fully saturated rings. The molecule has 0 saturated carbocycles. The number of nitrogens with one attached hydrogen (secondary N) is 1. The predicted molar refractivity (Wildman–Crippen MR) is 124 cm³/mol. The van der Waals surface area contributed by atoms with Crippen LogP contribution >= 0.6 is 11.3 Å². The molecule has 0 radical (unpaired) electrons. The molecule has 1 aliphatic heterocycles. The molecule has 0 unspecified atom stereocenters. The first-order valence-electron chi connectivity index (χ1n) is 10.1. The first-order valence-corrected chi connectivity index (χ1v) is 14.2. The van der Waals surface area contributed by atoms with Crippen LogP contribution in [0.15, 0.2) is 52.3 Å². The normalized spacial score (nSPS) is 18.0. The largest absolute Gasteiger partial charge is 0.301 e. The summed E-state index contributed by atoms with van der Waals surface area (Å²) in [7, 11) is -7.18. The Hall–Kier alpha value is -2.34. The fourth-order valence-electron chi connectivity index (χ4n) is 3.68. The molecule has 2 aromatic carbocycles. The van der Waals surface area contributed by atoms with Crippen LogP contribution < -0.4 is 5.32 Å². The van der Waals surface area contributed by atoms with Gasteiger partial charge in [0.1, 0.15) is 6.04 Å². The van der Waals surface area contributed by atoms with Crippen LogP contribution in [0, 0.1) is 6.92 Å². The Morgan fingerprint density at radius 1 is 1.06 bits per heavy atom. The van der Waals surface area contributed by atoms with Crippen LogP contribution in [0.5, 0.6) is 0 Å². The molecule has 1 aromatic heterocycles. The molecule has 3 aromatic rings. The number of carbonyl (C=O) groups is 1. The predicted octanol–water partition coefficient (Wildman–Crippen LogP) is 3.19. The zero-order valence-electron chi connectivity index (χ0n) is 17.6. The number of aryl methyl sites for hydroxylation is 1. The molecule has 32 heavy (non-hydrogen) atoms. The maximum absolute atomic E-state index is 13.2. The molecule has 2 heterocycles. The number of sulfonamides is 1. The number of sulfone groups is 1. The molecule has 1 N–H and O–H groups in total. The van der Waals surface area contributed by atoms with Gasteiger partial charge in [-0.15, -0.1) is 0 Å². The number of thiazole rings is 1. The number of nitrogens with zero attached hydrogens (tertiary/aromatic N) is 2. The standard InChI is InChI=1S/C21H23N3O5S3/c1-14-6-8-15(9-7-14)32(28,29)24-12-4-3-5-18(24)20(25)23-21-22-17-11-10-16(31(2,26)27)13-19(17)30-21/h6-11,13,18H,3-5,12H2,1-2H3,(H,22,23,25)/t18-/m0/s1. The number of anilines is 1. The maximum Gasteiger partial charge on any atom is 0.244 e. The summed E-state index contributed by atoms with van der Waals surface area (Å²) in [5.74, 6) is -0.442. The van der Waals surface area contributed by atoms with Gasteiger partial charge < -0.3 is 5.32 Å². The van der Waals surface area contributed by atoms with Crippen molar-refractivity contribution in [1.29, 1.82) is 0 Å². The highest BCUT2D eigenvalue weighted by Gasteiger charge is 2.37. The van der Waals surface area contributed by atoms with Crippen LogP contribution in [0.1, 0.15) is 24.8 Å². The van der Waals surface area contributed by atoms with E-state index < -0.39 is 31.8 Å². The van der Waals surface area contributed by atoms with Crippen molar-refractivity contribution < 1.29 is 21.6 Å². The summed E-state index contributed by atoms with van der Waals surface area (Å²) < 4.78 is 51.9. The molecule has 0 aliphatic carbocycles. The van der Waals surface area contributed by atoms with E-state index in [1.165, 1.54) is 16.4 Å². The average molecular weight is 494 g/mol. The van der Waals surface area contributed by atoms with E-state index in [-0.39, 0.29) is 16.3 Å². The van der Waals surface area contributed by atoms with Gasteiger partial charge in [0.2, 0.25) is 15.9 Å². The fraction of sp³-hybridized carbons (Fsp3) is 0.333. The number of rotatable bonds is 5. The zero-order chi connectivity index (χ0) is 23.1. The van der Waals surface area contributed by atoms with E-state index in [4.69, 9.17) is 0 Å². The van der Waals surface area contributed by atoms with Crippen molar-refractivity contribution in [2.45, 2.75) is 42.0 Å². The topological polar surface area (TPSA) is 114 Å². The Morgan fingerprint density at radius 3 is 2.44 bits per heavy atom. The lowest BCUT2D eigenvalue weighted by molar-refractivity contribution is -0.120.